The van der Waals surface area contributed by atoms with Crippen molar-refractivity contribution in [2.24, 2.45) is 0 Å². The van der Waals surface area contributed by atoms with Crippen LogP contribution in [0.5, 0.6) is 0 Å². The molecule has 3 N–H and O–H groups in total. The predicted molar refractivity (Wildman–Crippen MR) is 99.3 cm³/mol. The smallest absolute Gasteiger partial charge is 0.255 e. The number of aromatic amines is 1. The quantitative estimate of drug-likeness (QED) is 0.424. The fourth-order valence-electron chi connectivity index (χ4n) is 2.43. The lowest BCUT2D eigenvalue weighted by molar-refractivity contribution is 0.866. The first-order valence-electron chi connectivity index (χ1n) is 7.73. The maximum absolute atomic E-state index is 12.4. The molecule has 1 aromatic heterocycles. The highest BCUT2D eigenvalue weighted by Crippen LogP contribution is 2.20. The van der Waals surface area contributed by atoms with Crippen molar-refractivity contribution >= 4 is 17.4 Å². The molecule has 1 heterocycles. The maximum atomic E-state index is 12.4. The zero-order valence-corrected chi connectivity index (χ0v) is 14.3. The van der Waals surface area contributed by atoms with E-state index in [2.05, 4.69) is 9.97 Å². The van der Waals surface area contributed by atoms with Gasteiger partial charge in [-0.1, -0.05) is 54.2 Å². The van der Waals surface area contributed by atoms with Crippen molar-refractivity contribution in [3.63, 3.8) is 0 Å². The number of aromatic nitrogens is 2. The second-order valence-corrected chi connectivity index (χ2v) is 6.59. The zero-order chi connectivity index (χ0) is 16.9. The van der Waals surface area contributed by atoms with Crippen LogP contribution in [-0.4, -0.2) is 9.97 Å². The van der Waals surface area contributed by atoms with Crippen LogP contribution < -0.4 is 11.3 Å². The van der Waals surface area contributed by atoms with E-state index in [0.717, 1.165) is 33.8 Å². The number of hydrogen-bond acceptors (Lipinski definition) is 4. The van der Waals surface area contributed by atoms with Gasteiger partial charge >= 0.3 is 0 Å². The first-order chi connectivity index (χ1) is 11.6. The maximum Gasteiger partial charge on any atom is 0.255 e. The van der Waals surface area contributed by atoms with Gasteiger partial charge < -0.3 is 10.7 Å². The molecular formula is C19H19N3OS. The van der Waals surface area contributed by atoms with E-state index in [1.54, 1.807) is 0 Å². The van der Waals surface area contributed by atoms with E-state index in [4.69, 9.17) is 5.73 Å². The Labute approximate surface area is 145 Å². The van der Waals surface area contributed by atoms with Crippen molar-refractivity contribution < 1.29 is 0 Å². The Kier molecular flexibility index (Phi) is 5.01. The van der Waals surface area contributed by atoms with Crippen LogP contribution in [0.2, 0.25) is 0 Å². The number of anilines is 1. The third kappa shape index (κ3) is 4.06. The fourth-order valence-corrected chi connectivity index (χ4v) is 3.29. The number of nitrogens with two attached hydrogens (primary N) is 1. The molecule has 0 radical (unpaired) electrons. The van der Waals surface area contributed by atoms with E-state index in [1.807, 2.05) is 61.5 Å². The number of nitrogens with zero attached hydrogens (tertiary/aromatic N) is 1. The minimum absolute atomic E-state index is 0.0637. The first kappa shape index (κ1) is 16.3. The molecule has 0 aliphatic carbocycles. The summed E-state index contributed by atoms with van der Waals surface area (Å²) in [5.74, 6) is 0.737. The second kappa shape index (κ2) is 7.36. The lowest BCUT2D eigenvalue weighted by Crippen LogP contribution is -2.17. The molecule has 0 amide bonds. The standard InChI is InChI=1S/C19H19N3OS/c1-13-17(11-14-5-3-2-4-6-14)18(23)22-19(21-13)24-12-15-7-9-16(20)10-8-15/h2-10H,11-12,20H2,1H3,(H,21,22,23). The number of aryl methyl sites for hydroxylation is 1. The summed E-state index contributed by atoms with van der Waals surface area (Å²) in [7, 11) is 0. The fraction of sp³-hybridized carbons (Fsp3) is 0.158. The average molecular weight is 337 g/mol. The third-order valence-electron chi connectivity index (χ3n) is 3.78. The molecule has 5 heteroatoms. The minimum atomic E-state index is -0.0637. The van der Waals surface area contributed by atoms with Crippen molar-refractivity contribution in [3.05, 3.63) is 87.3 Å². The summed E-state index contributed by atoms with van der Waals surface area (Å²) in [6.07, 6.45) is 0.595. The van der Waals surface area contributed by atoms with Crippen LogP contribution in [0.15, 0.2) is 64.5 Å². The van der Waals surface area contributed by atoms with Gasteiger partial charge in [-0.05, 0) is 30.2 Å². The van der Waals surface area contributed by atoms with Crippen LogP contribution in [0.3, 0.4) is 0 Å². The first-order valence-corrected chi connectivity index (χ1v) is 8.71. The monoisotopic (exact) mass is 337 g/mol. The number of rotatable bonds is 5. The number of thioether (sulfide) groups is 1. The highest BCUT2D eigenvalue weighted by atomic mass is 32.2. The molecule has 0 fully saturated rings. The number of nitrogen functional groups attached to an aromatic ring is 1. The molecule has 0 bridgehead atoms. The van der Waals surface area contributed by atoms with E-state index in [9.17, 15) is 4.79 Å². The summed E-state index contributed by atoms with van der Waals surface area (Å²) in [4.78, 5) is 19.8. The molecule has 0 aliphatic heterocycles. The predicted octanol–water partition coefficient (Wildman–Crippen LogP) is 3.54. The molecule has 3 rings (SSSR count). The summed E-state index contributed by atoms with van der Waals surface area (Å²) in [6, 6.07) is 17.7. The molecule has 2 aromatic carbocycles. The Morgan fingerprint density at radius 1 is 1.04 bits per heavy atom. The van der Waals surface area contributed by atoms with Crippen LogP contribution in [0.1, 0.15) is 22.4 Å². The molecule has 24 heavy (non-hydrogen) atoms. The zero-order valence-electron chi connectivity index (χ0n) is 13.5. The van der Waals surface area contributed by atoms with Gasteiger partial charge in [0.25, 0.3) is 5.56 Å². The van der Waals surface area contributed by atoms with Gasteiger partial charge in [-0.15, -0.1) is 0 Å². The van der Waals surface area contributed by atoms with Gasteiger partial charge in [0.2, 0.25) is 0 Å². The molecule has 0 atom stereocenters. The minimum Gasteiger partial charge on any atom is -0.399 e. The summed E-state index contributed by atoms with van der Waals surface area (Å²) in [6.45, 7) is 1.89. The van der Waals surface area contributed by atoms with Crippen LogP contribution in [-0.2, 0) is 12.2 Å². The van der Waals surface area contributed by atoms with Gasteiger partial charge in [0.05, 0.1) is 0 Å². The Balaban J connectivity index is 1.74. The normalized spacial score (nSPS) is 10.7. The molecular weight excluding hydrogens is 318 g/mol. The molecule has 0 saturated heterocycles. The SMILES string of the molecule is Cc1nc(SCc2ccc(N)cc2)[nH]c(=O)c1Cc1ccccc1. The topological polar surface area (TPSA) is 71.8 Å². The molecule has 122 valence electrons. The van der Waals surface area contributed by atoms with Gasteiger partial charge in [0.15, 0.2) is 5.16 Å². The van der Waals surface area contributed by atoms with Crippen LogP contribution >= 0.6 is 11.8 Å². The van der Waals surface area contributed by atoms with E-state index >= 15 is 0 Å². The van der Waals surface area contributed by atoms with Crippen LogP contribution in [0.25, 0.3) is 0 Å². The lowest BCUT2D eigenvalue weighted by atomic mass is 10.1. The van der Waals surface area contributed by atoms with E-state index < -0.39 is 0 Å². The van der Waals surface area contributed by atoms with Gasteiger partial charge in [0, 0.05) is 29.1 Å². The average Bonchev–Trinajstić information content (AvgIpc) is 2.58. The lowest BCUT2D eigenvalue weighted by Gasteiger charge is -2.07. The molecule has 0 saturated carbocycles. The van der Waals surface area contributed by atoms with Crippen molar-refractivity contribution in [2.45, 2.75) is 24.3 Å². The Bertz CT molecular complexity index is 873. The van der Waals surface area contributed by atoms with Gasteiger partial charge in [-0.3, -0.25) is 4.79 Å². The van der Waals surface area contributed by atoms with Crippen LogP contribution in [0.4, 0.5) is 5.69 Å². The van der Waals surface area contributed by atoms with E-state index in [0.29, 0.717) is 11.6 Å². The van der Waals surface area contributed by atoms with Crippen molar-refractivity contribution in [3.8, 4) is 0 Å². The summed E-state index contributed by atoms with van der Waals surface area (Å²) >= 11 is 1.52. The van der Waals surface area contributed by atoms with Gasteiger partial charge in [-0.2, -0.15) is 0 Å². The largest absolute Gasteiger partial charge is 0.399 e. The number of nitrogens with one attached hydrogen (secondary N) is 1. The second-order valence-electron chi connectivity index (χ2n) is 5.63. The Hall–Kier alpha value is -2.53. The van der Waals surface area contributed by atoms with Gasteiger partial charge in [0.1, 0.15) is 0 Å². The van der Waals surface area contributed by atoms with Crippen LogP contribution in [0, 0.1) is 6.92 Å². The Morgan fingerprint density at radius 3 is 2.42 bits per heavy atom. The molecule has 4 nitrogen and oxygen atoms in total. The highest BCUT2D eigenvalue weighted by molar-refractivity contribution is 7.98. The molecule has 0 spiro atoms. The molecule has 3 aromatic rings. The van der Waals surface area contributed by atoms with Gasteiger partial charge in [-0.25, -0.2) is 4.98 Å². The summed E-state index contributed by atoms with van der Waals surface area (Å²) in [5.41, 5.74) is 10.1. The van der Waals surface area contributed by atoms with Crippen molar-refractivity contribution in [1.29, 1.82) is 0 Å². The third-order valence-corrected chi connectivity index (χ3v) is 4.72. The molecule has 0 unspecified atom stereocenters. The number of benzene rings is 2. The number of hydrogen-bond donors (Lipinski definition) is 2. The van der Waals surface area contributed by atoms with Crippen molar-refractivity contribution in [2.75, 3.05) is 5.73 Å². The van der Waals surface area contributed by atoms with E-state index in [1.165, 1.54) is 11.8 Å². The molecule has 0 aliphatic rings. The Morgan fingerprint density at radius 2 is 1.75 bits per heavy atom. The van der Waals surface area contributed by atoms with E-state index in [-0.39, 0.29) is 5.56 Å². The number of H-pyrrole nitrogens is 1. The summed E-state index contributed by atoms with van der Waals surface area (Å²) in [5, 5.41) is 0.645. The highest BCUT2D eigenvalue weighted by Gasteiger charge is 2.09. The van der Waals surface area contributed by atoms with Crippen molar-refractivity contribution in [1.82, 2.24) is 9.97 Å². The summed E-state index contributed by atoms with van der Waals surface area (Å²) < 4.78 is 0.